The van der Waals surface area contributed by atoms with E-state index in [1.807, 2.05) is 0 Å². The second-order valence-electron chi connectivity index (χ2n) is 6.81. The summed E-state index contributed by atoms with van der Waals surface area (Å²) in [5.74, 6) is -0.228. The van der Waals surface area contributed by atoms with Crippen molar-refractivity contribution in [1.29, 1.82) is 0 Å². The molecule has 0 atom stereocenters. The maximum absolute atomic E-state index is 15.1. The van der Waals surface area contributed by atoms with Gasteiger partial charge in [-0.05, 0) is 42.5 Å². The van der Waals surface area contributed by atoms with Crippen LogP contribution in [-0.2, 0) is 11.2 Å². The Morgan fingerprint density at radius 3 is 2.85 bits per heavy atom. The number of imidazole rings is 1. The molecule has 2 aromatic carbocycles. The number of hydrogen-bond acceptors (Lipinski definition) is 3. The monoisotopic (exact) mass is 406 g/mol. The summed E-state index contributed by atoms with van der Waals surface area (Å²) in [6.45, 7) is 0.496. The van der Waals surface area contributed by atoms with E-state index in [2.05, 4.69) is 9.97 Å². The van der Waals surface area contributed by atoms with Crippen LogP contribution in [0.25, 0.3) is 11.0 Å². The van der Waals surface area contributed by atoms with Gasteiger partial charge in [0.05, 0.1) is 18.5 Å². The molecule has 1 N–H and O–H groups in total. The molecule has 0 saturated heterocycles. The highest BCUT2D eigenvalue weighted by molar-refractivity contribution is 6.35. The van der Waals surface area contributed by atoms with Crippen LogP contribution in [-0.4, -0.2) is 29.0 Å². The summed E-state index contributed by atoms with van der Waals surface area (Å²) < 4.78 is 20.6. The van der Waals surface area contributed by atoms with E-state index in [-0.39, 0.29) is 35.5 Å². The summed E-state index contributed by atoms with van der Waals surface area (Å²) in [7, 11) is 0. The standard InChI is InChI=1S/C20H17Cl2FN2O2/c21-13-4-3-12(16(22)6-13)5-15-14(18(26)9-27-8-11-1-2-11)7-17-20(19(15)23)25-10-24-17/h3-4,6-7,10-11H,1-2,5,8-9H2,(H,24,25). The lowest BCUT2D eigenvalue weighted by Crippen LogP contribution is -2.14. The number of aromatic nitrogens is 2. The van der Waals surface area contributed by atoms with E-state index in [9.17, 15) is 4.79 Å². The smallest absolute Gasteiger partial charge is 0.188 e. The van der Waals surface area contributed by atoms with Gasteiger partial charge in [0.25, 0.3) is 0 Å². The van der Waals surface area contributed by atoms with E-state index in [0.29, 0.717) is 33.7 Å². The van der Waals surface area contributed by atoms with Crippen LogP contribution in [0.5, 0.6) is 0 Å². The second kappa shape index (κ2) is 7.58. The summed E-state index contributed by atoms with van der Waals surface area (Å²) in [6, 6.07) is 6.65. The van der Waals surface area contributed by atoms with Gasteiger partial charge in [0.1, 0.15) is 12.1 Å². The first-order chi connectivity index (χ1) is 13.0. The lowest BCUT2D eigenvalue weighted by molar-refractivity contribution is 0.0738. The number of nitrogens with one attached hydrogen (secondary N) is 1. The number of halogens is 3. The van der Waals surface area contributed by atoms with Crippen molar-refractivity contribution in [2.75, 3.05) is 13.2 Å². The predicted molar refractivity (Wildman–Crippen MR) is 103 cm³/mol. The van der Waals surface area contributed by atoms with Gasteiger partial charge >= 0.3 is 0 Å². The van der Waals surface area contributed by atoms with Crippen molar-refractivity contribution in [2.24, 2.45) is 5.92 Å². The van der Waals surface area contributed by atoms with Crippen molar-refractivity contribution in [3.63, 3.8) is 0 Å². The van der Waals surface area contributed by atoms with Crippen LogP contribution >= 0.6 is 23.2 Å². The van der Waals surface area contributed by atoms with Gasteiger partial charge in [-0.1, -0.05) is 29.3 Å². The number of Topliss-reactive ketones (excluding diaryl/α,β-unsaturated/α-hetero) is 1. The molecule has 1 heterocycles. The Hall–Kier alpha value is -1.95. The van der Waals surface area contributed by atoms with Crippen LogP contribution in [0.1, 0.15) is 34.3 Å². The van der Waals surface area contributed by atoms with Crippen LogP contribution in [0.4, 0.5) is 4.39 Å². The zero-order valence-electron chi connectivity index (χ0n) is 14.4. The highest BCUT2D eigenvalue weighted by Crippen LogP contribution is 2.30. The number of benzene rings is 2. The fraction of sp³-hybridized carbons (Fsp3) is 0.300. The summed E-state index contributed by atoms with van der Waals surface area (Å²) in [4.78, 5) is 19.6. The highest BCUT2D eigenvalue weighted by atomic mass is 35.5. The lowest BCUT2D eigenvalue weighted by Gasteiger charge is -2.12. The SMILES string of the molecule is O=C(COCC1CC1)c1cc2[nH]cnc2c(F)c1Cc1ccc(Cl)cc1Cl. The molecule has 1 aliphatic rings. The Bertz CT molecular complexity index is 1010. The molecule has 7 heteroatoms. The number of ketones is 1. The summed E-state index contributed by atoms with van der Waals surface area (Å²) >= 11 is 12.2. The molecule has 3 aromatic rings. The lowest BCUT2D eigenvalue weighted by atomic mass is 9.95. The van der Waals surface area contributed by atoms with Crippen LogP contribution in [0, 0.1) is 11.7 Å². The Labute approximate surface area is 165 Å². The van der Waals surface area contributed by atoms with Crippen LogP contribution in [0.15, 0.2) is 30.6 Å². The number of rotatable bonds is 7. The van der Waals surface area contributed by atoms with Crippen LogP contribution in [0.2, 0.25) is 10.0 Å². The van der Waals surface area contributed by atoms with Gasteiger partial charge in [-0.2, -0.15) is 0 Å². The van der Waals surface area contributed by atoms with E-state index in [1.54, 1.807) is 24.3 Å². The zero-order chi connectivity index (χ0) is 19.0. The number of H-pyrrole nitrogens is 1. The fourth-order valence-electron chi connectivity index (χ4n) is 3.04. The van der Waals surface area contributed by atoms with Gasteiger partial charge < -0.3 is 9.72 Å². The van der Waals surface area contributed by atoms with Crippen molar-refractivity contribution in [2.45, 2.75) is 19.3 Å². The van der Waals surface area contributed by atoms with Crippen LogP contribution < -0.4 is 0 Å². The minimum Gasteiger partial charge on any atom is -0.373 e. The average Bonchev–Trinajstić information content (AvgIpc) is 3.33. The minimum absolute atomic E-state index is 0.0725. The molecule has 0 unspecified atom stereocenters. The van der Waals surface area contributed by atoms with Crippen LogP contribution in [0.3, 0.4) is 0 Å². The van der Waals surface area contributed by atoms with Gasteiger partial charge in [0, 0.05) is 27.6 Å². The quantitative estimate of drug-likeness (QED) is 0.547. The Morgan fingerprint density at radius 2 is 2.11 bits per heavy atom. The minimum atomic E-state index is -0.523. The van der Waals surface area contributed by atoms with Gasteiger partial charge in [-0.15, -0.1) is 0 Å². The molecule has 27 heavy (non-hydrogen) atoms. The normalized spacial score (nSPS) is 14.0. The maximum Gasteiger partial charge on any atom is 0.188 e. The van der Waals surface area contributed by atoms with E-state index < -0.39 is 5.82 Å². The molecule has 0 aliphatic heterocycles. The van der Waals surface area contributed by atoms with Crippen molar-refractivity contribution < 1.29 is 13.9 Å². The molecule has 1 aliphatic carbocycles. The third kappa shape index (κ3) is 4.00. The largest absolute Gasteiger partial charge is 0.373 e. The third-order valence-electron chi connectivity index (χ3n) is 4.72. The number of ether oxygens (including phenoxy) is 1. The van der Waals surface area contributed by atoms with E-state index in [0.717, 1.165) is 12.8 Å². The molecule has 1 fully saturated rings. The molecule has 0 amide bonds. The molecule has 0 radical (unpaired) electrons. The van der Waals surface area contributed by atoms with Gasteiger partial charge in [0.2, 0.25) is 0 Å². The van der Waals surface area contributed by atoms with Gasteiger partial charge in [-0.3, -0.25) is 4.79 Å². The number of fused-ring (bicyclic) bond motifs is 1. The maximum atomic E-state index is 15.1. The average molecular weight is 407 g/mol. The van der Waals surface area contributed by atoms with Gasteiger partial charge in [0.15, 0.2) is 11.6 Å². The molecular formula is C20H17Cl2FN2O2. The summed E-state index contributed by atoms with van der Waals surface area (Å²) in [5.41, 5.74) is 1.90. The summed E-state index contributed by atoms with van der Waals surface area (Å²) in [5, 5.41) is 0.921. The molecule has 4 rings (SSSR count). The first-order valence-electron chi connectivity index (χ1n) is 8.72. The van der Waals surface area contributed by atoms with Crippen molar-refractivity contribution in [3.05, 3.63) is 63.1 Å². The Balaban J connectivity index is 1.69. The zero-order valence-corrected chi connectivity index (χ0v) is 15.9. The van der Waals surface area contributed by atoms with E-state index in [4.69, 9.17) is 27.9 Å². The summed E-state index contributed by atoms with van der Waals surface area (Å²) in [6.07, 6.45) is 3.85. The Morgan fingerprint density at radius 1 is 1.30 bits per heavy atom. The topological polar surface area (TPSA) is 55.0 Å². The van der Waals surface area contributed by atoms with E-state index >= 15 is 4.39 Å². The second-order valence-corrected chi connectivity index (χ2v) is 7.65. The molecular weight excluding hydrogens is 390 g/mol. The molecule has 1 aromatic heterocycles. The molecule has 4 nitrogen and oxygen atoms in total. The Kier molecular flexibility index (Phi) is 5.17. The number of nitrogens with zero attached hydrogens (tertiary/aromatic N) is 1. The molecule has 140 valence electrons. The van der Waals surface area contributed by atoms with Gasteiger partial charge in [-0.25, -0.2) is 9.37 Å². The van der Waals surface area contributed by atoms with Crippen molar-refractivity contribution in [1.82, 2.24) is 9.97 Å². The first-order valence-corrected chi connectivity index (χ1v) is 9.48. The fourth-order valence-corrected chi connectivity index (χ4v) is 3.51. The number of hydrogen-bond donors (Lipinski definition) is 1. The first kappa shape index (κ1) is 18.4. The number of carbonyl (C=O) groups excluding carboxylic acids is 1. The van der Waals surface area contributed by atoms with E-state index in [1.165, 1.54) is 6.33 Å². The number of carbonyl (C=O) groups is 1. The molecule has 0 spiro atoms. The molecule has 0 bridgehead atoms. The van der Waals surface area contributed by atoms with Crippen molar-refractivity contribution in [3.8, 4) is 0 Å². The third-order valence-corrected chi connectivity index (χ3v) is 5.31. The highest BCUT2D eigenvalue weighted by Gasteiger charge is 2.24. The molecule has 1 saturated carbocycles. The number of aromatic amines is 1. The van der Waals surface area contributed by atoms with Crippen molar-refractivity contribution >= 4 is 40.0 Å². The predicted octanol–water partition coefficient (Wildman–Crippen LogP) is 5.21.